The van der Waals surface area contributed by atoms with E-state index in [1.54, 1.807) is 5.57 Å². The Kier molecular flexibility index (Phi) is 3.58. The Morgan fingerprint density at radius 2 is 2.00 bits per heavy atom. The van der Waals surface area contributed by atoms with Gasteiger partial charge in [0.2, 0.25) is 0 Å². The minimum atomic E-state index is -0.142. The Morgan fingerprint density at radius 1 is 1.21 bits per heavy atom. The van der Waals surface area contributed by atoms with E-state index in [9.17, 15) is 10.3 Å². The summed E-state index contributed by atoms with van der Waals surface area (Å²) >= 11 is 0. The zero-order valence-corrected chi connectivity index (χ0v) is 15.0. The van der Waals surface area contributed by atoms with Crippen LogP contribution in [-0.2, 0) is 0 Å². The molecule has 2 saturated carbocycles. The first kappa shape index (κ1) is 16.1. The maximum Gasteiger partial charge on any atom is 0.0805 e. The molecule has 0 bridgehead atoms. The van der Waals surface area contributed by atoms with Crippen LogP contribution in [0.3, 0.4) is 0 Å². The molecule has 4 aliphatic carbocycles. The van der Waals surface area contributed by atoms with Crippen molar-refractivity contribution in [3.63, 3.8) is 0 Å². The van der Waals surface area contributed by atoms with Crippen LogP contribution in [-0.4, -0.2) is 22.1 Å². The topological polar surface area (TPSA) is 52.8 Å². The van der Waals surface area contributed by atoms with Gasteiger partial charge >= 0.3 is 0 Å². The van der Waals surface area contributed by atoms with Gasteiger partial charge in [0.15, 0.2) is 0 Å². The van der Waals surface area contributed by atoms with E-state index in [1.807, 2.05) is 6.92 Å². The highest BCUT2D eigenvalue weighted by Gasteiger charge is 2.54. The first-order chi connectivity index (χ1) is 11.4. The first-order valence-electron chi connectivity index (χ1n) is 9.39. The minimum absolute atomic E-state index is 0.0351. The van der Waals surface area contributed by atoms with E-state index in [0.717, 1.165) is 37.8 Å². The van der Waals surface area contributed by atoms with Gasteiger partial charge in [-0.25, -0.2) is 0 Å². The molecule has 3 heteroatoms. The van der Waals surface area contributed by atoms with E-state index in [0.29, 0.717) is 11.8 Å². The molecular weight excluding hydrogens is 298 g/mol. The second-order valence-electron chi connectivity index (χ2n) is 8.75. The average Bonchev–Trinajstić information content (AvgIpc) is 2.92. The molecule has 24 heavy (non-hydrogen) atoms. The van der Waals surface area contributed by atoms with Gasteiger partial charge < -0.3 is 10.3 Å². The van der Waals surface area contributed by atoms with Crippen molar-refractivity contribution >= 4 is 5.71 Å². The average molecular weight is 327 g/mol. The Balaban J connectivity index is 1.69. The van der Waals surface area contributed by atoms with Gasteiger partial charge in [-0.1, -0.05) is 48.4 Å². The molecule has 0 aliphatic heterocycles. The van der Waals surface area contributed by atoms with Crippen LogP contribution in [0.25, 0.3) is 0 Å². The zero-order valence-electron chi connectivity index (χ0n) is 15.0. The molecule has 4 rings (SSSR count). The van der Waals surface area contributed by atoms with E-state index < -0.39 is 0 Å². The molecule has 4 aliphatic rings. The van der Waals surface area contributed by atoms with Crippen LogP contribution < -0.4 is 0 Å². The van der Waals surface area contributed by atoms with E-state index in [4.69, 9.17) is 0 Å². The number of allylic oxidation sites excluding steroid dienone is 5. The fraction of sp³-hybridized carbons (Fsp3) is 0.667. The summed E-state index contributed by atoms with van der Waals surface area (Å²) in [7, 11) is 0. The van der Waals surface area contributed by atoms with Crippen LogP contribution in [0.15, 0.2) is 40.1 Å². The molecule has 0 aromatic rings. The van der Waals surface area contributed by atoms with Crippen molar-refractivity contribution in [2.24, 2.45) is 27.8 Å². The van der Waals surface area contributed by atoms with Crippen molar-refractivity contribution < 1.29 is 10.3 Å². The maximum absolute atomic E-state index is 10.1. The van der Waals surface area contributed by atoms with Crippen molar-refractivity contribution in [2.45, 2.75) is 65.4 Å². The lowest BCUT2D eigenvalue weighted by Gasteiger charge is -2.56. The van der Waals surface area contributed by atoms with Crippen molar-refractivity contribution in [2.75, 3.05) is 0 Å². The van der Waals surface area contributed by atoms with Gasteiger partial charge in [-0.05, 0) is 68.3 Å². The number of aliphatic hydroxyl groups excluding tert-OH is 1. The number of fused-ring (bicyclic) bond motifs is 5. The largest absolute Gasteiger partial charge is 0.411 e. The molecule has 5 atom stereocenters. The second kappa shape index (κ2) is 5.32. The van der Waals surface area contributed by atoms with Crippen LogP contribution in [0.2, 0.25) is 0 Å². The van der Waals surface area contributed by atoms with Gasteiger partial charge in [-0.2, -0.15) is 0 Å². The monoisotopic (exact) mass is 327 g/mol. The molecule has 0 spiro atoms. The van der Waals surface area contributed by atoms with Gasteiger partial charge in [0.05, 0.1) is 11.8 Å². The van der Waals surface area contributed by atoms with Crippen molar-refractivity contribution in [1.29, 1.82) is 0 Å². The Bertz CT molecular complexity index is 686. The van der Waals surface area contributed by atoms with Crippen LogP contribution in [0.5, 0.6) is 0 Å². The molecule has 0 aromatic heterocycles. The maximum atomic E-state index is 10.1. The number of rotatable bonds is 1. The highest BCUT2D eigenvalue weighted by molar-refractivity contribution is 6.00. The molecule has 0 unspecified atom stereocenters. The van der Waals surface area contributed by atoms with Crippen molar-refractivity contribution in [3.05, 3.63) is 34.9 Å². The van der Waals surface area contributed by atoms with E-state index >= 15 is 0 Å². The van der Waals surface area contributed by atoms with Gasteiger partial charge in [0.25, 0.3) is 0 Å². The van der Waals surface area contributed by atoms with Crippen LogP contribution >= 0.6 is 0 Å². The first-order valence-corrected chi connectivity index (χ1v) is 9.39. The molecule has 2 N–H and O–H groups in total. The summed E-state index contributed by atoms with van der Waals surface area (Å²) in [5.74, 6) is 1.27. The molecule has 0 aromatic carbocycles. The summed E-state index contributed by atoms with van der Waals surface area (Å²) < 4.78 is 0. The normalized spacial score (nSPS) is 44.8. The SMILES string of the molecule is C/C(=N\O)C1=CC=C2[C@@H]3CC=C4C[C@@H](O)CC[C@]4(C)[C@H]3CC[C@]12C. The quantitative estimate of drug-likeness (QED) is 0.320. The third-order valence-electron chi connectivity index (χ3n) is 7.66. The molecule has 130 valence electrons. The number of hydrogen-bond acceptors (Lipinski definition) is 3. The number of oxime groups is 1. The van der Waals surface area contributed by atoms with E-state index in [-0.39, 0.29) is 16.9 Å². The van der Waals surface area contributed by atoms with Crippen molar-refractivity contribution in [1.82, 2.24) is 0 Å². The zero-order chi connectivity index (χ0) is 17.1. The predicted molar refractivity (Wildman–Crippen MR) is 96.0 cm³/mol. The predicted octanol–water partition coefficient (Wildman–Crippen LogP) is 4.62. The summed E-state index contributed by atoms with van der Waals surface area (Å²) in [5, 5.41) is 22.8. The fourth-order valence-electron chi connectivity index (χ4n) is 6.22. The standard InChI is InChI=1S/C21H29NO2/c1-13(22-24)17-6-7-18-16-5-4-14-12-15(23)8-10-20(14,2)19(16)9-11-21(17,18)3/h4,6-7,15-16,19,23-24H,5,8-12H2,1-3H3/b22-13+/t15-,16-,19-,20-,21+/m0/s1. The Hall–Kier alpha value is -1.35. The molecule has 3 nitrogen and oxygen atoms in total. The van der Waals surface area contributed by atoms with Crippen LogP contribution in [0.1, 0.15) is 59.3 Å². The van der Waals surface area contributed by atoms with E-state index in [2.05, 4.69) is 37.2 Å². The van der Waals surface area contributed by atoms with Gasteiger partial charge in [-0.15, -0.1) is 0 Å². The molecule has 0 saturated heterocycles. The lowest BCUT2D eigenvalue weighted by Crippen LogP contribution is -2.47. The lowest BCUT2D eigenvalue weighted by molar-refractivity contribution is 0.0353. The molecule has 2 fully saturated rings. The summed E-state index contributed by atoms with van der Waals surface area (Å²) in [6, 6.07) is 0. The lowest BCUT2D eigenvalue weighted by atomic mass is 9.49. The smallest absolute Gasteiger partial charge is 0.0805 e. The summed E-state index contributed by atoms with van der Waals surface area (Å²) in [4.78, 5) is 0. The molecule has 0 radical (unpaired) electrons. The van der Waals surface area contributed by atoms with Crippen LogP contribution in [0.4, 0.5) is 0 Å². The number of hydrogen-bond donors (Lipinski definition) is 2. The second-order valence-corrected chi connectivity index (χ2v) is 8.75. The molecule has 0 heterocycles. The number of aliphatic hydroxyl groups is 1. The summed E-state index contributed by atoms with van der Waals surface area (Å²) in [6.45, 7) is 6.67. The summed E-state index contributed by atoms with van der Waals surface area (Å²) in [5.41, 5.74) is 5.28. The Labute approximate surface area is 144 Å². The van der Waals surface area contributed by atoms with Crippen LogP contribution in [0, 0.1) is 22.7 Å². The van der Waals surface area contributed by atoms with Gasteiger partial charge in [0, 0.05) is 5.41 Å². The Morgan fingerprint density at radius 3 is 2.75 bits per heavy atom. The molecule has 0 amide bonds. The summed E-state index contributed by atoms with van der Waals surface area (Å²) in [6.07, 6.45) is 13.1. The van der Waals surface area contributed by atoms with Gasteiger partial charge in [0.1, 0.15) is 0 Å². The third-order valence-corrected chi connectivity index (χ3v) is 7.66. The highest BCUT2D eigenvalue weighted by atomic mass is 16.4. The molecular formula is C21H29NO2. The fourth-order valence-corrected chi connectivity index (χ4v) is 6.22. The van der Waals surface area contributed by atoms with Crippen molar-refractivity contribution in [3.8, 4) is 0 Å². The highest BCUT2D eigenvalue weighted by Crippen LogP contribution is 2.63. The number of nitrogens with zero attached hydrogens (tertiary/aromatic N) is 1. The third kappa shape index (κ3) is 2.03. The van der Waals surface area contributed by atoms with Gasteiger partial charge in [-0.3, -0.25) is 0 Å². The van der Waals surface area contributed by atoms with E-state index in [1.165, 1.54) is 17.6 Å². The minimum Gasteiger partial charge on any atom is -0.411 e.